The smallest absolute Gasteiger partial charge is 0.127 e. The summed E-state index contributed by atoms with van der Waals surface area (Å²) in [7, 11) is 0. The van der Waals surface area contributed by atoms with Crippen molar-refractivity contribution in [2.24, 2.45) is 17.3 Å². The van der Waals surface area contributed by atoms with Gasteiger partial charge in [-0.3, -0.25) is 0 Å². The highest BCUT2D eigenvalue weighted by molar-refractivity contribution is 5.60. The molecule has 0 N–H and O–H groups in total. The van der Waals surface area contributed by atoms with Crippen LogP contribution in [0.4, 0.5) is 0 Å². The molecule has 0 fully saturated rings. The maximum Gasteiger partial charge on any atom is 0.127 e. The first-order valence-corrected chi connectivity index (χ1v) is 4.62. The fraction of sp³-hybridized carbons (Fsp3) is 0.727. The van der Waals surface area contributed by atoms with Crippen LogP contribution in [-0.4, -0.2) is 6.29 Å². The van der Waals surface area contributed by atoms with Gasteiger partial charge in [0.25, 0.3) is 0 Å². The van der Waals surface area contributed by atoms with E-state index < -0.39 is 0 Å². The molecule has 1 heteroatoms. The molecule has 0 amide bonds. The average molecular weight is 166 g/mol. The minimum absolute atomic E-state index is 0.126. The third-order valence-corrected chi connectivity index (χ3v) is 3.49. The molecule has 1 nitrogen and oxygen atoms in total. The molecule has 0 heterocycles. The Labute approximate surface area is 74.9 Å². The number of rotatable bonds is 1. The second kappa shape index (κ2) is 3.04. The van der Waals surface area contributed by atoms with Gasteiger partial charge >= 0.3 is 0 Å². The van der Waals surface area contributed by atoms with Gasteiger partial charge in [-0.2, -0.15) is 0 Å². The summed E-state index contributed by atoms with van der Waals surface area (Å²) >= 11 is 0. The van der Waals surface area contributed by atoms with Gasteiger partial charge in [-0.1, -0.05) is 32.4 Å². The molecule has 1 rings (SSSR count). The Hall–Kier alpha value is -0.590. The predicted molar refractivity (Wildman–Crippen MR) is 50.9 cm³/mol. The highest BCUT2D eigenvalue weighted by Gasteiger charge is 2.37. The van der Waals surface area contributed by atoms with Crippen molar-refractivity contribution in [3.8, 4) is 0 Å². The molecule has 0 aromatic rings. The van der Waals surface area contributed by atoms with Crippen molar-refractivity contribution in [1.29, 1.82) is 0 Å². The van der Waals surface area contributed by atoms with Crippen molar-refractivity contribution in [3.05, 3.63) is 11.6 Å². The van der Waals surface area contributed by atoms with Crippen LogP contribution in [0.5, 0.6) is 0 Å². The highest BCUT2D eigenvalue weighted by Crippen LogP contribution is 2.43. The Morgan fingerprint density at radius 3 is 2.58 bits per heavy atom. The fourth-order valence-electron chi connectivity index (χ4n) is 1.97. The lowest BCUT2D eigenvalue weighted by atomic mass is 9.64. The van der Waals surface area contributed by atoms with Gasteiger partial charge in [0.15, 0.2) is 0 Å². The Morgan fingerprint density at radius 1 is 1.58 bits per heavy atom. The normalized spacial score (nSPS) is 34.2. The average Bonchev–Trinajstić information content (AvgIpc) is 1.98. The maximum atomic E-state index is 10.9. The minimum atomic E-state index is 0.126. The summed E-state index contributed by atoms with van der Waals surface area (Å²) in [6.45, 7) is 8.66. The van der Waals surface area contributed by atoms with E-state index in [0.29, 0.717) is 5.92 Å². The van der Waals surface area contributed by atoms with Gasteiger partial charge in [-0.05, 0) is 24.7 Å². The van der Waals surface area contributed by atoms with E-state index in [4.69, 9.17) is 0 Å². The van der Waals surface area contributed by atoms with Crippen LogP contribution in [0.25, 0.3) is 0 Å². The largest absolute Gasteiger partial charge is 0.303 e. The Bertz CT molecular complexity index is 213. The second-order valence-electron chi connectivity index (χ2n) is 4.52. The molecule has 1 aliphatic rings. The van der Waals surface area contributed by atoms with Crippen molar-refractivity contribution in [2.75, 3.05) is 0 Å². The number of carbonyl (C=O) groups excluding carboxylic acids is 1. The summed E-state index contributed by atoms with van der Waals surface area (Å²) < 4.78 is 0. The fourth-order valence-corrected chi connectivity index (χ4v) is 1.97. The molecule has 0 aromatic carbocycles. The monoisotopic (exact) mass is 166 g/mol. The molecular formula is C11H18O. The Balaban J connectivity index is 2.99. The van der Waals surface area contributed by atoms with Crippen LogP contribution in [0.1, 0.15) is 34.1 Å². The van der Waals surface area contributed by atoms with Gasteiger partial charge in [-0.15, -0.1) is 0 Å². The van der Waals surface area contributed by atoms with Crippen LogP contribution < -0.4 is 0 Å². The first kappa shape index (κ1) is 9.50. The van der Waals surface area contributed by atoms with Gasteiger partial charge in [0.05, 0.1) is 0 Å². The number of allylic oxidation sites excluding steroid dienone is 2. The van der Waals surface area contributed by atoms with E-state index in [2.05, 4.69) is 33.8 Å². The van der Waals surface area contributed by atoms with Gasteiger partial charge < -0.3 is 4.79 Å². The van der Waals surface area contributed by atoms with E-state index in [9.17, 15) is 4.79 Å². The van der Waals surface area contributed by atoms with Crippen LogP contribution in [-0.2, 0) is 4.79 Å². The van der Waals surface area contributed by atoms with Crippen LogP contribution in [0.2, 0.25) is 0 Å². The molecule has 0 bridgehead atoms. The zero-order valence-corrected chi connectivity index (χ0v) is 8.42. The van der Waals surface area contributed by atoms with E-state index in [1.165, 1.54) is 5.57 Å². The molecule has 0 spiro atoms. The Kier molecular flexibility index (Phi) is 2.41. The third-order valence-electron chi connectivity index (χ3n) is 3.49. The summed E-state index contributed by atoms with van der Waals surface area (Å²) in [4.78, 5) is 10.9. The van der Waals surface area contributed by atoms with E-state index in [1.807, 2.05) is 0 Å². The van der Waals surface area contributed by atoms with E-state index in [0.717, 1.165) is 12.7 Å². The quantitative estimate of drug-likeness (QED) is 0.432. The second-order valence-corrected chi connectivity index (χ2v) is 4.52. The summed E-state index contributed by atoms with van der Waals surface area (Å²) in [5, 5.41) is 0. The number of hydrogen-bond acceptors (Lipinski definition) is 1. The molecule has 2 atom stereocenters. The van der Waals surface area contributed by atoms with Gasteiger partial charge in [0.1, 0.15) is 6.29 Å². The van der Waals surface area contributed by atoms with Crippen molar-refractivity contribution in [2.45, 2.75) is 34.1 Å². The van der Waals surface area contributed by atoms with Crippen molar-refractivity contribution < 1.29 is 4.79 Å². The highest BCUT2D eigenvalue weighted by atomic mass is 16.1. The van der Waals surface area contributed by atoms with E-state index in [-0.39, 0.29) is 11.3 Å². The number of hydrogen-bond donors (Lipinski definition) is 0. The zero-order chi connectivity index (χ0) is 9.35. The number of carbonyl (C=O) groups is 1. The first-order valence-electron chi connectivity index (χ1n) is 4.62. The van der Waals surface area contributed by atoms with Gasteiger partial charge in [0.2, 0.25) is 0 Å². The molecule has 1 aliphatic carbocycles. The summed E-state index contributed by atoms with van der Waals surface area (Å²) in [6.07, 6.45) is 4.42. The molecule has 12 heavy (non-hydrogen) atoms. The standard InChI is InChI=1S/C11H18O/c1-8-5-6-9(2)11(3,4)10(8)7-12/h5,7,9-10H,6H2,1-4H3/t9-,10-/m0/s1. The molecule has 0 unspecified atom stereocenters. The van der Waals surface area contributed by atoms with Crippen molar-refractivity contribution in [1.82, 2.24) is 0 Å². The zero-order valence-electron chi connectivity index (χ0n) is 8.42. The molecular weight excluding hydrogens is 148 g/mol. The van der Waals surface area contributed by atoms with Crippen LogP contribution in [0, 0.1) is 17.3 Å². The lowest BCUT2D eigenvalue weighted by Gasteiger charge is -2.40. The summed E-state index contributed by atoms with van der Waals surface area (Å²) in [5.74, 6) is 0.734. The van der Waals surface area contributed by atoms with Crippen LogP contribution in [0.15, 0.2) is 11.6 Å². The van der Waals surface area contributed by atoms with E-state index >= 15 is 0 Å². The molecule has 0 aliphatic heterocycles. The summed E-state index contributed by atoms with van der Waals surface area (Å²) in [5.41, 5.74) is 1.38. The lowest BCUT2D eigenvalue weighted by Crippen LogP contribution is -2.35. The van der Waals surface area contributed by atoms with Crippen LogP contribution >= 0.6 is 0 Å². The molecule has 0 radical (unpaired) electrons. The SMILES string of the molecule is CC1=CC[C@H](C)C(C)(C)[C@H]1C=O. The predicted octanol–water partition coefficient (Wildman–Crippen LogP) is 2.81. The lowest BCUT2D eigenvalue weighted by molar-refractivity contribution is -0.114. The van der Waals surface area contributed by atoms with E-state index in [1.54, 1.807) is 0 Å². The Morgan fingerprint density at radius 2 is 2.17 bits per heavy atom. The van der Waals surface area contributed by atoms with Crippen LogP contribution in [0.3, 0.4) is 0 Å². The minimum Gasteiger partial charge on any atom is -0.303 e. The molecule has 68 valence electrons. The molecule has 0 saturated carbocycles. The summed E-state index contributed by atoms with van der Waals surface area (Å²) in [6, 6.07) is 0. The molecule has 0 aromatic heterocycles. The van der Waals surface area contributed by atoms with Crippen molar-refractivity contribution >= 4 is 6.29 Å². The third kappa shape index (κ3) is 1.33. The van der Waals surface area contributed by atoms with Gasteiger partial charge in [0, 0.05) is 5.92 Å². The topological polar surface area (TPSA) is 17.1 Å². The van der Waals surface area contributed by atoms with Crippen molar-refractivity contribution in [3.63, 3.8) is 0 Å². The molecule has 0 saturated heterocycles. The maximum absolute atomic E-state index is 10.9. The van der Waals surface area contributed by atoms with Gasteiger partial charge in [-0.25, -0.2) is 0 Å². The number of aldehydes is 1. The first-order chi connectivity index (χ1) is 5.50.